The van der Waals surface area contributed by atoms with Crippen molar-refractivity contribution in [2.24, 2.45) is 0 Å². The average molecular weight is 308 g/mol. The topological polar surface area (TPSA) is 56.7 Å². The quantitative estimate of drug-likeness (QED) is 0.942. The van der Waals surface area contributed by atoms with Crippen LogP contribution >= 0.6 is 0 Å². The van der Waals surface area contributed by atoms with Gasteiger partial charge in [0.05, 0.1) is 5.69 Å². The Morgan fingerprint density at radius 1 is 1.09 bits per heavy atom. The highest BCUT2D eigenvalue weighted by Crippen LogP contribution is 2.47. The van der Waals surface area contributed by atoms with Gasteiger partial charge in [-0.25, -0.2) is 0 Å². The molecule has 0 unspecified atom stereocenters. The number of benzene rings is 1. The number of rotatable bonds is 3. The third kappa shape index (κ3) is 2.34. The minimum atomic E-state index is -4.59. The second-order valence-corrected chi connectivity index (χ2v) is 6.07. The number of alkyl halides is 3. The molecule has 2 aromatic rings. The van der Waals surface area contributed by atoms with Crippen LogP contribution < -0.4 is 5.73 Å². The Kier molecular flexibility index (Phi) is 2.76. The molecule has 0 atom stereocenters. The van der Waals surface area contributed by atoms with Gasteiger partial charge in [0.25, 0.3) is 5.82 Å². The third-order valence-corrected chi connectivity index (χ3v) is 4.23. The standard InChI is InChI=1S/C15H15F3N4/c16-15(17,18)13-20-14(19)22(21-13)12-6-5-10(8-1-2-8)7-11(12)9-3-4-9/h5-9H,1-4H2,(H2,19,20,21). The van der Waals surface area contributed by atoms with E-state index in [-0.39, 0.29) is 5.95 Å². The Hall–Kier alpha value is -2.05. The van der Waals surface area contributed by atoms with Gasteiger partial charge in [0.15, 0.2) is 0 Å². The third-order valence-electron chi connectivity index (χ3n) is 4.23. The lowest BCUT2D eigenvalue weighted by molar-refractivity contribution is -0.144. The molecule has 0 radical (unpaired) electrons. The summed E-state index contributed by atoms with van der Waals surface area (Å²) in [5.41, 5.74) is 8.58. The van der Waals surface area contributed by atoms with E-state index in [9.17, 15) is 13.2 Å². The monoisotopic (exact) mass is 308 g/mol. The molecule has 0 aliphatic heterocycles. The average Bonchev–Trinajstić information content (AvgIpc) is 3.35. The molecule has 1 aromatic carbocycles. The molecule has 0 amide bonds. The van der Waals surface area contributed by atoms with Crippen LogP contribution in [-0.2, 0) is 6.18 Å². The van der Waals surface area contributed by atoms with Crippen LogP contribution in [0.4, 0.5) is 19.1 Å². The first kappa shape index (κ1) is 13.6. The Bertz CT molecular complexity index is 727. The van der Waals surface area contributed by atoms with Crippen molar-refractivity contribution in [2.45, 2.75) is 43.7 Å². The zero-order valence-electron chi connectivity index (χ0n) is 11.8. The van der Waals surface area contributed by atoms with Gasteiger partial charge in [-0.3, -0.25) is 0 Å². The smallest absolute Gasteiger partial charge is 0.368 e. The van der Waals surface area contributed by atoms with Crippen LogP contribution in [0.3, 0.4) is 0 Å². The number of anilines is 1. The highest BCUT2D eigenvalue weighted by molar-refractivity contribution is 5.50. The molecular weight excluding hydrogens is 293 g/mol. The highest BCUT2D eigenvalue weighted by Gasteiger charge is 2.38. The van der Waals surface area contributed by atoms with Crippen LogP contribution in [0, 0.1) is 0 Å². The van der Waals surface area contributed by atoms with Crippen LogP contribution in [0.15, 0.2) is 18.2 Å². The van der Waals surface area contributed by atoms with Crippen molar-refractivity contribution in [1.29, 1.82) is 0 Å². The molecule has 1 heterocycles. The lowest BCUT2D eigenvalue weighted by Gasteiger charge is -2.11. The Morgan fingerprint density at radius 2 is 1.77 bits per heavy atom. The molecule has 2 aliphatic carbocycles. The van der Waals surface area contributed by atoms with Gasteiger partial charge in [0.1, 0.15) is 0 Å². The van der Waals surface area contributed by atoms with E-state index >= 15 is 0 Å². The number of nitrogen functional groups attached to an aromatic ring is 1. The maximum absolute atomic E-state index is 12.8. The summed E-state index contributed by atoms with van der Waals surface area (Å²) in [6.07, 6.45) is -0.100. The summed E-state index contributed by atoms with van der Waals surface area (Å²) in [5, 5.41) is 3.57. The fourth-order valence-corrected chi connectivity index (χ4v) is 2.78. The summed E-state index contributed by atoms with van der Waals surface area (Å²) in [6.45, 7) is 0. The zero-order valence-corrected chi connectivity index (χ0v) is 11.8. The van der Waals surface area contributed by atoms with Gasteiger partial charge >= 0.3 is 6.18 Å². The number of halogens is 3. The molecule has 2 saturated carbocycles. The normalized spacial score (nSPS) is 18.7. The summed E-state index contributed by atoms with van der Waals surface area (Å²) in [6, 6.07) is 5.90. The van der Waals surface area contributed by atoms with Gasteiger partial charge in [-0.05, 0) is 54.7 Å². The summed E-state index contributed by atoms with van der Waals surface area (Å²) in [7, 11) is 0. The minimum absolute atomic E-state index is 0.228. The zero-order chi connectivity index (χ0) is 15.5. The summed E-state index contributed by atoms with van der Waals surface area (Å²) in [4.78, 5) is 3.35. The Labute approximate surface area is 125 Å². The molecule has 116 valence electrons. The van der Waals surface area contributed by atoms with E-state index in [1.54, 1.807) is 0 Å². The first-order valence-electron chi connectivity index (χ1n) is 7.37. The fourth-order valence-electron chi connectivity index (χ4n) is 2.78. The molecule has 2 N–H and O–H groups in total. The van der Waals surface area contributed by atoms with E-state index in [4.69, 9.17) is 5.73 Å². The molecular formula is C15H15F3N4. The van der Waals surface area contributed by atoms with Crippen molar-refractivity contribution >= 4 is 5.95 Å². The maximum Gasteiger partial charge on any atom is 0.453 e. The summed E-state index contributed by atoms with van der Waals surface area (Å²) >= 11 is 0. The van der Waals surface area contributed by atoms with E-state index in [2.05, 4.69) is 16.1 Å². The van der Waals surface area contributed by atoms with Gasteiger partial charge in [-0.1, -0.05) is 12.1 Å². The fraction of sp³-hybridized carbons (Fsp3) is 0.467. The van der Waals surface area contributed by atoms with Crippen LogP contribution in [0.1, 0.15) is 54.5 Å². The Morgan fingerprint density at radius 3 is 2.32 bits per heavy atom. The van der Waals surface area contributed by atoms with Crippen molar-refractivity contribution in [3.8, 4) is 5.69 Å². The van der Waals surface area contributed by atoms with Crippen molar-refractivity contribution in [2.75, 3.05) is 5.73 Å². The SMILES string of the molecule is Nc1nc(C(F)(F)F)nn1-c1ccc(C2CC2)cc1C1CC1. The maximum atomic E-state index is 12.8. The highest BCUT2D eigenvalue weighted by atomic mass is 19.4. The van der Waals surface area contributed by atoms with Crippen molar-refractivity contribution in [1.82, 2.24) is 14.8 Å². The number of aromatic nitrogens is 3. The summed E-state index contributed by atoms with van der Waals surface area (Å²) < 4.78 is 39.4. The predicted octanol–water partition coefficient (Wildman–Crippen LogP) is 3.62. The Balaban J connectivity index is 1.80. The number of hydrogen-bond donors (Lipinski definition) is 1. The molecule has 7 heteroatoms. The minimum Gasteiger partial charge on any atom is -0.368 e. The molecule has 22 heavy (non-hydrogen) atoms. The van der Waals surface area contributed by atoms with E-state index in [1.807, 2.05) is 12.1 Å². The molecule has 4 nitrogen and oxygen atoms in total. The van der Waals surface area contributed by atoms with E-state index in [1.165, 1.54) is 18.4 Å². The molecule has 0 bridgehead atoms. The van der Waals surface area contributed by atoms with Gasteiger partial charge in [-0.2, -0.15) is 22.8 Å². The lowest BCUT2D eigenvalue weighted by atomic mass is 10.0. The van der Waals surface area contributed by atoms with E-state index in [0.717, 1.165) is 23.1 Å². The van der Waals surface area contributed by atoms with Gasteiger partial charge in [-0.15, -0.1) is 5.10 Å². The van der Waals surface area contributed by atoms with Crippen molar-refractivity contribution in [3.05, 3.63) is 35.2 Å². The first-order chi connectivity index (χ1) is 10.4. The predicted molar refractivity (Wildman–Crippen MR) is 74.7 cm³/mol. The van der Waals surface area contributed by atoms with E-state index < -0.39 is 12.0 Å². The van der Waals surface area contributed by atoms with Crippen molar-refractivity contribution in [3.63, 3.8) is 0 Å². The molecule has 4 rings (SSSR count). The summed E-state index contributed by atoms with van der Waals surface area (Å²) in [5.74, 6) is -0.427. The number of hydrogen-bond acceptors (Lipinski definition) is 3. The van der Waals surface area contributed by atoms with Crippen LogP contribution in [0.5, 0.6) is 0 Å². The molecule has 2 aliphatic rings. The lowest BCUT2D eigenvalue weighted by Crippen LogP contribution is -2.09. The van der Waals surface area contributed by atoms with Gasteiger partial charge < -0.3 is 5.73 Å². The van der Waals surface area contributed by atoms with Gasteiger partial charge in [0, 0.05) is 0 Å². The first-order valence-corrected chi connectivity index (χ1v) is 7.37. The van der Waals surface area contributed by atoms with Gasteiger partial charge in [0.2, 0.25) is 5.95 Å². The van der Waals surface area contributed by atoms with Crippen molar-refractivity contribution < 1.29 is 13.2 Å². The molecule has 1 aromatic heterocycles. The van der Waals surface area contributed by atoms with Crippen LogP contribution in [-0.4, -0.2) is 14.8 Å². The van der Waals surface area contributed by atoms with Crippen LogP contribution in [0.25, 0.3) is 5.69 Å². The number of nitrogens with two attached hydrogens (primary N) is 1. The second-order valence-electron chi connectivity index (χ2n) is 6.07. The number of nitrogens with zero attached hydrogens (tertiary/aromatic N) is 3. The second kappa shape index (κ2) is 4.47. The molecule has 0 spiro atoms. The molecule has 2 fully saturated rings. The van der Waals surface area contributed by atoms with Crippen LogP contribution in [0.2, 0.25) is 0 Å². The van der Waals surface area contributed by atoms with E-state index in [0.29, 0.717) is 17.5 Å². The molecule has 0 saturated heterocycles. The largest absolute Gasteiger partial charge is 0.453 e.